The van der Waals surface area contributed by atoms with Crippen LogP contribution in [0.5, 0.6) is 0 Å². The lowest BCUT2D eigenvalue weighted by atomic mass is 10.1. The molecule has 1 aromatic heterocycles. The second-order valence-electron chi connectivity index (χ2n) is 2.75. The predicted octanol–water partition coefficient (Wildman–Crippen LogP) is 1.26. The van der Waals surface area contributed by atoms with Crippen LogP contribution in [0.3, 0.4) is 0 Å². The summed E-state index contributed by atoms with van der Waals surface area (Å²) >= 11 is 8.61. The van der Waals surface area contributed by atoms with E-state index in [4.69, 9.17) is 11.6 Å². The van der Waals surface area contributed by atoms with Crippen LogP contribution in [-0.4, -0.2) is 32.2 Å². The molecule has 0 bridgehead atoms. The van der Waals surface area contributed by atoms with E-state index in [9.17, 15) is 10.2 Å². The Balaban J connectivity index is 2.68. The van der Waals surface area contributed by atoms with Gasteiger partial charge in [0.15, 0.2) is 5.82 Å². The topological polar surface area (TPSA) is 66.2 Å². The van der Waals surface area contributed by atoms with Crippen molar-refractivity contribution in [3.05, 3.63) is 22.7 Å². The van der Waals surface area contributed by atoms with Crippen LogP contribution in [-0.2, 0) is 0 Å². The molecule has 1 heterocycles. The van der Waals surface area contributed by atoms with E-state index in [0.29, 0.717) is 6.42 Å². The first kappa shape index (κ1) is 11.8. The van der Waals surface area contributed by atoms with Gasteiger partial charge in [-0.3, -0.25) is 0 Å². The lowest BCUT2D eigenvalue weighted by Crippen LogP contribution is -2.20. The number of rotatable bonds is 4. The van der Waals surface area contributed by atoms with Crippen LogP contribution in [0.2, 0.25) is 0 Å². The van der Waals surface area contributed by atoms with Crippen LogP contribution >= 0.6 is 27.5 Å². The first-order valence-electron chi connectivity index (χ1n) is 4.04. The SMILES string of the molecule is OC(CCCl)C(O)c1ncc(Br)cn1. The van der Waals surface area contributed by atoms with Crippen molar-refractivity contribution in [3.8, 4) is 0 Å². The van der Waals surface area contributed by atoms with Gasteiger partial charge in [0.25, 0.3) is 0 Å². The largest absolute Gasteiger partial charge is 0.390 e. The van der Waals surface area contributed by atoms with Crippen molar-refractivity contribution in [3.63, 3.8) is 0 Å². The summed E-state index contributed by atoms with van der Waals surface area (Å²) in [6, 6.07) is 0. The van der Waals surface area contributed by atoms with Crippen LogP contribution < -0.4 is 0 Å². The fourth-order valence-electron chi connectivity index (χ4n) is 0.917. The Kier molecular flexibility index (Phi) is 4.74. The Morgan fingerprint density at radius 2 is 1.93 bits per heavy atom. The molecule has 0 spiro atoms. The number of alkyl halides is 1. The van der Waals surface area contributed by atoms with E-state index in [0.717, 1.165) is 4.47 Å². The van der Waals surface area contributed by atoms with Crippen molar-refractivity contribution < 1.29 is 10.2 Å². The van der Waals surface area contributed by atoms with Crippen molar-refractivity contribution in [2.24, 2.45) is 0 Å². The molecule has 0 aliphatic carbocycles. The molecular formula is C8H10BrClN2O2. The van der Waals surface area contributed by atoms with E-state index in [1.54, 1.807) is 0 Å². The second-order valence-corrected chi connectivity index (χ2v) is 4.04. The molecule has 0 amide bonds. The van der Waals surface area contributed by atoms with E-state index in [1.807, 2.05) is 0 Å². The van der Waals surface area contributed by atoms with Gasteiger partial charge >= 0.3 is 0 Å². The molecule has 6 heteroatoms. The zero-order chi connectivity index (χ0) is 10.6. The zero-order valence-corrected chi connectivity index (χ0v) is 9.61. The van der Waals surface area contributed by atoms with Crippen LogP contribution in [0.25, 0.3) is 0 Å². The maximum Gasteiger partial charge on any atom is 0.159 e. The van der Waals surface area contributed by atoms with Crippen molar-refractivity contribution in [2.45, 2.75) is 18.6 Å². The monoisotopic (exact) mass is 280 g/mol. The molecule has 0 aromatic carbocycles. The minimum Gasteiger partial charge on any atom is -0.390 e. The molecule has 14 heavy (non-hydrogen) atoms. The lowest BCUT2D eigenvalue weighted by Gasteiger charge is -2.14. The molecule has 78 valence electrons. The van der Waals surface area contributed by atoms with Crippen molar-refractivity contribution in [2.75, 3.05) is 5.88 Å². The summed E-state index contributed by atoms with van der Waals surface area (Å²) < 4.78 is 0.722. The minimum atomic E-state index is -1.08. The molecule has 0 saturated carbocycles. The number of hydrogen-bond acceptors (Lipinski definition) is 4. The van der Waals surface area contributed by atoms with Gasteiger partial charge in [0, 0.05) is 18.3 Å². The highest BCUT2D eigenvalue weighted by Gasteiger charge is 2.19. The molecule has 0 saturated heterocycles. The summed E-state index contributed by atoms with van der Waals surface area (Å²) in [4.78, 5) is 7.74. The van der Waals surface area contributed by atoms with Crippen LogP contribution in [0.4, 0.5) is 0 Å². The second kappa shape index (κ2) is 5.60. The minimum absolute atomic E-state index is 0.200. The van der Waals surface area contributed by atoms with Gasteiger partial charge in [0.05, 0.1) is 10.6 Å². The fourth-order valence-corrected chi connectivity index (χ4v) is 1.35. The van der Waals surface area contributed by atoms with Crippen LogP contribution in [0, 0.1) is 0 Å². The first-order chi connectivity index (χ1) is 6.65. The fraction of sp³-hybridized carbons (Fsp3) is 0.500. The third kappa shape index (κ3) is 3.16. The molecular weight excluding hydrogens is 271 g/mol. The van der Waals surface area contributed by atoms with E-state index >= 15 is 0 Å². The summed E-state index contributed by atoms with van der Waals surface area (Å²) in [6.07, 6.45) is 1.33. The third-order valence-corrected chi connectivity index (χ3v) is 2.30. The Morgan fingerprint density at radius 1 is 1.36 bits per heavy atom. The Hall–Kier alpha value is -0.230. The highest BCUT2D eigenvalue weighted by Crippen LogP contribution is 2.16. The molecule has 1 rings (SSSR count). The molecule has 2 unspecified atom stereocenters. The van der Waals surface area contributed by atoms with Gasteiger partial charge in [-0.25, -0.2) is 9.97 Å². The summed E-state index contributed by atoms with van der Waals surface area (Å²) in [5.41, 5.74) is 0. The summed E-state index contributed by atoms with van der Waals surface area (Å²) in [5, 5.41) is 19.0. The Morgan fingerprint density at radius 3 is 2.43 bits per heavy atom. The number of halogens is 2. The van der Waals surface area contributed by atoms with Crippen molar-refractivity contribution >= 4 is 27.5 Å². The van der Waals surface area contributed by atoms with Crippen molar-refractivity contribution in [1.82, 2.24) is 9.97 Å². The normalized spacial score (nSPS) is 15.1. The summed E-state index contributed by atoms with van der Waals surface area (Å²) in [6.45, 7) is 0. The smallest absolute Gasteiger partial charge is 0.159 e. The third-order valence-electron chi connectivity index (χ3n) is 1.67. The summed E-state index contributed by atoms with van der Waals surface area (Å²) in [7, 11) is 0. The van der Waals surface area contributed by atoms with Gasteiger partial charge in [-0.2, -0.15) is 0 Å². The highest BCUT2D eigenvalue weighted by molar-refractivity contribution is 9.10. The lowest BCUT2D eigenvalue weighted by molar-refractivity contribution is 0.0116. The average molecular weight is 282 g/mol. The van der Waals surface area contributed by atoms with Gasteiger partial charge in [-0.05, 0) is 22.4 Å². The van der Waals surface area contributed by atoms with Gasteiger partial charge in [-0.1, -0.05) is 0 Å². The van der Waals surface area contributed by atoms with Crippen LogP contribution in [0.15, 0.2) is 16.9 Å². The quantitative estimate of drug-likeness (QED) is 0.816. The zero-order valence-electron chi connectivity index (χ0n) is 7.27. The average Bonchev–Trinajstić information content (AvgIpc) is 2.18. The van der Waals surface area contributed by atoms with Gasteiger partial charge < -0.3 is 10.2 Å². The standard InChI is InChI=1S/C8H10BrClN2O2/c9-5-3-11-8(12-4-5)7(14)6(13)1-2-10/h3-4,6-7,13-14H,1-2H2. The molecule has 2 N–H and O–H groups in total. The molecule has 0 radical (unpaired) electrons. The number of nitrogens with zero attached hydrogens (tertiary/aromatic N) is 2. The Labute approximate surface area is 95.1 Å². The molecule has 1 aromatic rings. The molecule has 0 fully saturated rings. The molecule has 0 aliphatic heterocycles. The predicted molar refractivity (Wildman–Crippen MR) is 56.0 cm³/mol. The van der Waals surface area contributed by atoms with E-state index in [2.05, 4.69) is 25.9 Å². The molecule has 0 aliphatic rings. The number of aliphatic hydroxyl groups excluding tert-OH is 2. The molecule has 2 atom stereocenters. The van der Waals surface area contributed by atoms with E-state index in [-0.39, 0.29) is 11.7 Å². The van der Waals surface area contributed by atoms with Crippen LogP contribution in [0.1, 0.15) is 18.3 Å². The maximum atomic E-state index is 9.56. The Bertz CT molecular complexity index is 283. The highest BCUT2D eigenvalue weighted by atomic mass is 79.9. The van der Waals surface area contributed by atoms with Gasteiger partial charge in [-0.15, -0.1) is 11.6 Å². The number of aliphatic hydroxyl groups is 2. The maximum absolute atomic E-state index is 9.56. The summed E-state index contributed by atoms with van der Waals surface area (Å²) in [5.74, 6) is 0.486. The first-order valence-corrected chi connectivity index (χ1v) is 5.37. The molecule has 4 nitrogen and oxygen atoms in total. The van der Waals surface area contributed by atoms with Crippen molar-refractivity contribution in [1.29, 1.82) is 0 Å². The van der Waals surface area contributed by atoms with E-state index in [1.165, 1.54) is 12.4 Å². The van der Waals surface area contributed by atoms with Gasteiger partial charge in [0.1, 0.15) is 6.10 Å². The van der Waals surface area contributed by atoms with Gasteiger partial charge in [0.2, 0.25) is 0 Å². The number of aromatic nitrogens is 2. The number of hydrogen-bond donors (Lipinski definition) is 2. The van der Waals surface area contributed by atoms with E-state index < -0.39 is 12.2 Å².